The zero-order chi connectivity index (χ0) is 8.69. The van der Waals surface area contributed by atoms with Gasteiger partial charge < -0.3 is 5.32 Å². The molecular formula is C7H16N2OS. The number of carbonyl (C=O) groups is 1. The third-order valence-corrected chi connectivity index (χ3v) is 1.70. The van der Waals surface area contributed by atoms with Gasteiger partial charge in [-0.15, -0.1) is 0 Å². The molecular weight excluding hydrogens is 160 g/mol. The first-order valence-electron chi connectivity index (χ1n) is 3.86. The first kappa shape index (κ1) is 10.6. The quantitative estimate of drug-likeness (QED) is 0.641. The van der Waals surface area contributed by atoms with E-state index in [4.69, 9.17) is 0 Å². The molecule has 0 aromatic rings. The predicted octanol–water partition coefficient (Wildman–Crippen LogP) is 1.75. The van der Waals surface area contributed by atoms with E-state index in [0.29, 0.717) is 5.25 Å². The van der Waals surface area contributed by atoms with Gasteiger partial charge in [-0.25, -0.2) is 4.79 Å². The molecule has 0 aliphatic rings. The van der Waals surface area contributed by atoms with Crippen LogP contribution in [0.4, 0.5) is 4.79 Å². The molecule has 3 nitrogen and oxygen atoms in total. The van der Waals surface area contributed by atoms with Gasteiger partial charge in [-0.1, -0.05) is 20.8 Å². The largest absolute Gasteiger partial charge is 0.337 e. The Labute approximate surface area is 72.4 Å². The molecule has 0 fully saturated rings. The van der Waals surface area contributed by atoms with Crippen LogP contribution in [0.2, 0.25) is 0 Å². The van der Waals surface area contributed by atoms with Crippen LogP contribution in [-0.4, -0.2) is 17.8 Å². The van der Waals surface area contributed by atoms with Crippen LogP contribution in [0.5, 0.6) is 0 Å². The molecule has 11 heavy (non-hydrogen) atoms. The van der Waals surface area contributed by atoms with Crippen LogP contribution in [0, 0.1) is 0 Å². The molecule has 0 heterocycles. The van der Waals surface area contributed by atoms with Crippen molar-refractivity contribution in [3.05, 3.63) is 0 Å². The van der Waals surface area contributed by atoms with Crippen molar-refractivity contribution in [2.45, 2.75) is 32.4 Å². The number of nitrogens with one attached hydrogen (secondary N) is 2. The van der Waals surface area contributed by atoms with Crippen molar-refractivity contribution < 1.29 is 4.79 Å². The first-order chi connectivity index (χ1) is 5.16. The first-order valence-corrected chi connectivity index (χ1v) is 4.74. The summed E-state index contributed by atoms with van der Waals surface area (Å²) in [6, 6.07) is -0.0921. The second-order valence-corrected chi connectivity index (χ2v) is 3.91. The van der Waals surface area contributed by atoms with Gasteiger partial charge in [0.1, 0.15) is 0 Å². The van der Waals surface area contributed by atoms with E-state index in [9.17, 15) is 4.79 Å². The van der Waals surface area contributed by atoms with Gasteiger partial charge in [0.15, 0.2) is 0 Å². The molecule has 0 aromatic heterocycles. The van der Waals surface area contributed by atoms with Gasteiger partial charge in [0.05, 0.1) is 0 Å². The fourth-order valence-corrected chi connectivity index (χ4v) is 0.861. The van der Waals surface area contributed by atoms with E-state index in [1.54, 1.807) is 0 Å². The molecule has 0 bridgehead atoms. The lowest BCUT2D eigenvalue weighted by molar-refractivity contribution is 0.246. The zero-order valence-electron chi connectivity index (χ0n) is 7.31. The van der Waals surface area contributed by atoms with Crippen molar-refractivity contribution in [2.75, 3.05) is 6.54 Å². The molecule has 0 aliphatic heterocycles. The minimum atomic E-state index is -0.0921. The Balaban J connectivity index is 3.23. The van der Waals surface area contributed by atoms with Gasteiger partial charge in [-0.2, -0.15) is 0 Å². The summed E-state index contributed by atoms with van der Waals surface area (Å²) >= 11 is 1.43. The van der Waals surface area contributed by atoms with E-state index < -0.39 is 0 Å². The molecule has 0 unspecified atom stereocenters. The Morgan fingerprint density at radius 2 is 2.18 bits per heavy atom. The van der Waals surface area contributed by atoms with Gasteiger partial charge in [0.25, 0.3) is 0 Å². The third kappa shape index (κ3) is 7.52. The van der Waals surface area contributed by atoms with Gasteiger partial charge in [0.2, 0.25) is 0 Å². The fraction of sp³-hybridized carbons (Fsp3) is 0.857. The van der Waals surface area contributed by atoms with Gasteiger partial charge in [-0.05, 0) is 18.4 Å². The summed E-state index contributed by atoms with van der Waals surface area (Å²) in [6.07, 6.45) is 0.972. The highest BCUT2D eigenvalue weighted by Gasteiger charge is 1.99. The van der Waals surface area contributed by atoms with Crippen LogP contribution in [-0.2, 0) is 0 Å². The summed E-state index contributed by atoms with van der Waals surface area (Å²) in [7, 11) is 0. The second-order valence-electron chi connectivity index (χ2n) is 2.52. The smallest absolute Gasteiger partial charge is 0.324 e. The van der Waals surface area contributed by atoms with Crippen LogP contribution >= 0.6 is 11.9 Å². The molecule has 2 amide bonds. The summed E-state index contributed by atoms with van der Waals surface area (Å²) in [4.78, 5) is 10.9. The minimum Gasteiger partial charge on any atom is -0.337 e. The van der Waals surface area contributed by atoms with Crippen LogP contribution in [0.25, 0.3) is 0 Å². The fourth-order valence-electron chi connectivity index (χ4n) is 0.446. The standard InChI is InChI=1S/C7H16N2OS/c1-4-5-8-7(10)9-11-6(2)3/h6H,4-5H2,1-3H3,(H2,8,9,10). The predicted molar refractivity (Wildman–Crippen MR) is 49.6 cm³/mol. The topological polar surface area (TPSA) is 41.1 Å². The third-order valence-electron chi connectivity index (χ3n) is 0.923. The molecule has 0 radical (unpaired) electrons. The van der Waals surface area contributed by atoms with E-state index in [-0.39, 0.29) is 6.03 Å². The highest BCUT2D eigenvalue weighted by Crippen LogP contribution is 2.02. The Bertz CT molecular complexity index is 117. The van der Waals surface area contributed by atoms with Crippen LogP contribution in [0.1, 0.15) is 27.2 Å². The summed E-state index contributed by atoms with van der Waals surface area (Å²) in [5.74, 6) is 0. The SMILES string of the molecule is CCCNC(=O)NSC(C)C. The van der Waals surface area contributed by atoms with Gasteiger partial charge in [0, 0.05) is 11.8 Å². The van der Waals surface area contributed by atoms with Crippen LogP contribution < -0.4 is 10.0 Å². The lowest BCUT2D eigenvalue weighted by atomic mass is 10.5. The average molecular weight is 176 g/mol. The molecule has 0 saturated carbocycles. The molecule has 4 heteroatoms. The van der Waals surface area contributed by atoms with Crippen LogP contribution in [0.3, 0.4) is 0 Å². The molecule has 0 aromatic carbocycles. The summed E-state index contributed by atoms with van der Waals surface area (Å²) in [6.45, 7) is 6.83. The summed E-state index contributed by atoms with van der Waals surface area (Å²) in [5, 5.41) is 3.15. The van der Waals surface area contributed by atoms with Gasteiger partial charge >= 0.3 is 6.03 Å². The Morgan fingerprint density at radius 1 is 1.55 bits per heavy atom. The molecule has 0 spiro atoms. The minimum absolute atomic E-state index is 0.0921. The summed E-state index contributed by atoms with van der Waals surface area (Å²) in [5.41, 5.74) is 0. The van der Waals surface area contributed by atoms with Crippen LogP contribution in [0.15, 0.2) is 0 Å². The molecule has 0 atom stereocenters. The number of carbonyl (C=O) groups excluding carboxylic acids is 1. The number of rotatable bonds is 4. The summed E-state index contributed by atoms with van der Waals surface area (Å²) < 4.78 is 2.68. The maximum atomic E-state index is 10.9. The van der Waals surface area contributed by atoms with E-state index in [0.717, 1.165) is 13.0 Å². The molecule has 0 aliphatic carbocycles. The van der Waals surface area contributed by atoms with Crippen molar-refractivity contribution >= 4 is 18.0 Å². The van der Waals surface area contributed by atoms with E-state index in [1.165, 1.54) is 11.9 Å². The number of hydrogen-bond donors (Lipinski definition) is 2. The van der Waals surface area contributed by atoms with Crippen molar-refractivity contribution in [2.24, 2.45) is 0 Å². The number of amides is 2. The van der Waals surface area contributed by atoms with Crippen molar-refractivity contribution in [3.8, 4) is 0 Å². The lowest BCUT2D eigenvalue weighted by Gasteiger charge is -2.06. The monoisotopic (exact) mass is 176 g/mol. The Kier molecular flexibility index (Phi) is 6.12. The van der Waals surface area contributed by atoms with Gasteiger partial charge in [-0.3, -0.25) is 4.72 Å². The van der Waals surface area contributed by atoms with E-state index >= 15 is 0 Å². The lowest BCUT2D eigenvalue weighted by Crippen LogP contribution is -2.32. The number of hydrogen-bond acceptors (Lipinski definition) is 2. The van der Waals surface area contributed by atoms with E-state index in [2.05, 4.69) is 10.0 Å². The second kappa shape index (κ2) is 6.34. The maximum Gasteiger partial charge on any atom is 0.324 e. The van der Waals surface area contributed by atoms with Crippen molar-refractivity contribution in [1.29, 1.82) is 0 Å². The highest BCUT2D eigenvalue weighted by atomic mass is 32.2. The molecule has 0 saturated heterocycles. The van der Waals surface area contributed by atoms with E-state index in [1.807, 2.05) is 20.8 Å². The average Bonchev–Trinajstić information content (AvgIpc) is 1.97. The highest BCUT2D eigenvalue weighted by molar-refractivity contribution is 7.98. The molecule has 66 valence electrons. The molecule has 2 N–H and O–H groups in total. The maximum absolute atomic E-state index is 10.9. The van der Waals surface area contributed by atoms with Crippen molar-refractivity contribution in [3.63, 3.8) is 0 Å². The molecule has 0 rings (SSSR count). The van der Waals surface area contributed by atoms with Crippen molar-refractivity contribution in [1.82, 2.24) is 10.0 Å². The Hall–Kier alpha value is -0.380. The zero-order valence-corrected chi connectivity index (χ0v) is 8.12. The number of urea groups is 1. The normalized spacial score (nSPS) is 9.82. The Morgan fingerprint density at radius 3 is 2.64 bits per heavy atom.